The molecule has 6 heteroatoms. The van der Waals surface area contributed by atoms with Crippen molar-refractivity contribution in [3.63, 3.8) is 0 Å². The first kappa shape index (κ1) is 26.8. The van der Waals surface area contributed by atoms with Crippen molar-refractivity contribution >= 4 is 11.7 Å². The quantitative estimate of drug-likeness (QED) is 0.338. The number of allylic oxidation sites excluding steroid dienone is 4. The Morgan fingerprint density at radius 1 is 1.26 bits per heavy atom. The van der Waals surface area contributed by atoms with Gasteiger partial charge in [-0.05, 0) is 42.7 Å². The van der Waals surface area contributed by atoms with Crippen LogP contribution in [0.25, 0.3) is 5.70 Å². The van der Waals surface area contributed by atoms with Gasteiger partial charge < -0.3 is 18.9 Å². The lowest BCUT2D eigenvalue weighted by Gasteiger charge is -2.44. The fourth-order valence-corrected chi connectivity index (χ4v) is 4.77. The molecule has 0 saturated carbocycles. The van der Waals surface area contributed by atoms with E-state index in [1.165, 1.54) is 12.8 Å². The maximum Gasteiger partial charge on any atom is 0.343 e. The van der Waals surface area contributed by atoms with Gasteiger partial charge in [-0.3, -0.25) is 4.79 Å². The molecule has 0 N–H and O–H groups in total. The third kappa shape index (κ3) is 6.28. The van der Waals surface area contributed by atoms with Gasteiger partial charge in [0.2, 0.25) is 0 Å². The van der Waals surface area contributed by atoms with Crippen molar-refractivity contribution < 1.29 is 14.3 Å². The van der Waals surface area contributed by atoms with E-state index >= 15 is 0 Å². The van der Waals surface area contributed by atoms with Crippen LogP contribution in [0.1, 0.15) is 89.3 Å². The molecule has 2 heterocycles. The number of likely N-dealkylation sites (N-methyl/N-ethyl adjacent to an activating group) is 1. The summed E-state index contributed by atoms with van der Waals surface area (Å²) in [7, 11) is 2.08. The molecule has 0 saturated heterocycles. The van der Waals surface area contributed by atoms with Gasteiger partial charge >= 0.3 is 5.97 Å². The van der Waals surface area contributed by atoms with Crippen molar-refractivity contribution in [2.24, 2.45) is 11.3 Å². The van der Waals surface area contributed by atoms with Crippen molar-refractivity contribution in [3.05, 3.63) is 63.3 Å². The smallest absolute Gasteiger partial charge is 0.343 e. The summed E-state index contributed by atoms with van der Waals surface area (Å²) in [5.41, 5.74) is 2.64. The molecular formula is C29H42N2O4. The highest BCUT2D eigenvalue weighted by atomic mass is 16.5. The normalized spacial score (nSPS) is 20.8. The van der Waals surface area contributed by atoms with Crippen LogP contribution in [0.5, 0.6) is 0 Å². The summed E-state index contributed by atoms with van der Waals surface area (Å²) in [6.07, 6.45) is 11.9. The van der Waals surface area contributed by atoms with Crippen LogP contribution < -0.4 is 5.43 Å². The molecule has 1 aromatic heterocycles. The lowest BCUT2D eigenvalue weighted by atomic mass is 9.83. The van der Waals surface area contributed by atoms with Crippen LogP contribution in [0, 0.1) is 11.3 Å². The largest absolute Gasteiger partial charge is 0.498 e. The minimum Gasteiger partial charge on any atom is -0.498 e. The molecule has 0 radical (unpaired) electrons. The van der Waals surface area contributed by atoms with E-state index in [-0.39, 0.29) is 29.1 Å². The van der Waals surface area contributed by atoms with E-state index < -0.39 is 5.97 Å². The molecule has 1 aliphatic heterocycles. The molecule has 0 bridgehead atoms. The number of ether oxygens (including phenoxy) is 2. The molecule has 2 atom stereocenters. The number of carbonyl (C=O) groups is 1. The van der Waals surface area contributed by atoms with Gasteiger partial charge in [0.15, 0.2) is 5.43 Å². The number of carbonyl (C=O) groups excluding carboxylic acids is 1. The maximum atomic E-state index is 13.0. The van der Waals surface area contributed by atoms with Crippen molar-refractivity contribution in [2.45, 2.75) is 73.3 Å². The number of hydrogen-bond donors (Lipinski definition) is 0. The Balaban J connectivity index is 1.97. The van der Waals surface area contributed by atoms with Gasteiger partial charge in [-0.25, -0.2) is 4.79 Å². The van der Waals surface area contributed by atoms with Gasteiger partial charge in [0, 0.05) is 32.3 Å². The van der Waals surface area contributed by atoms with Crippen LogP contribution in [0.3, 0.4) is 0 Å². The number of pyridine rings is 1. The highest BCUT2D eigenvalue weighted by Gasteiger charge is 2.36. The van der Waals surface area contributed by atoms with Gasteiger partial charge in [0.1, 0.15) is 11.3 Å². The minimum absolute atomic E-state index is 0.0770. The van der Waals surface area contributed by atoms with Crippen molar-refractivity contribution in [2.75, 3.05) is 26.8 Å². The Labute approximate surface area is 210 Å². The summed E-state index contributed by atoms with van der Waals surface area (Å²) in [5.74, 6) is 1.10. The first-order valence-electron chi connectivity index (χ1n) is 12.9. The zero-order valence-corrected chi connectivity index (χ0v) is 22.5. The molecule has 0 amide bonds. The summed E-state index contributed by atoms with van der Waals surface area (Å²) in [4.78, 5) is 27.7. The highest BCUT2D eigenvalue weighted by Crippen LogP contribution is 2.41. The Bertz CT molecular complexity index is 1070. The summed E-state index contributed by atoms with van der Waals surface area (Å²) in [6, 6.07) is 1.68. The standard InChI is InChI=1S/C29H42N2O4/c1-8-20(3)12-11-15-35-22-14-10-13-21(16-22)27-24-17-25(32)23(28(33)34-9-2)18-31(24)26(19-30(27)7)29(4,5)6/h10,13-14,17-18,20,26H,8-9,11-12,15-16,19H2,1-7H3/b27-21-. The highest BCUT2D eigenvalue weighted by molar-refractivity contribution is 5.89. The molecule has 0 aromatic carbocycles. The van der Waals surface area contributed by atoms with Crippen LogP contribution in [-0.4, -0.2) is 42.2 Å². The number of hydrogen-bond acceptors (Lipinski definition) is 5. The van der Waals surface area contributed by atoms with E-state index in [4.69, 9.17) is 9.47 Å². The molecule has 35 heavy (non-hydrogen) atoms. The van der Waals surface area contributed by atoms with E-state index in [1.807, 2.05) is 12.2 Å². The van der Waals surface area contributed by atoms with Gasteiger partial charge in [0.25, 0.3) is 0 Å². The lowest BCUT2D eigenvalue weighted by molar-refractivity contribution is 0.0522. The Kier molecular flexibility index (Phi) is 8.68. The summed E-state index contributed by atoms with van der Waals surface area (Å²) < 4.78 is 13.4. The molecule has 3 rings (SSSR count). The average molecular weight is 483 g/mol. The predicted molar refractivity (Wildman–Crippen MR) is 141 cm³/mol. The lowest BCUT2D eigenvalue weighted by Crippen LogP contribution is -2.42. The van der Waals surface area contributed by atoms with Crippen LogP contribution in [0.15, 0.2) is 46.6 Å². The molecular weight excluding hydrogens is 440 g/mol. The number of aromatic nitrogens is 1. The SMILES string of the molecule is CCOC(=O)c1cn2c(cc1=O)/C(=C1\C=CC=C(OCCCC(C)CC)C1)N(C)CC2C(C)(C)C. The van der Waals surface area contributed by atoms with Gasteiger partial charge in [0.05, 0.1) is 30.6 Å². The molecule has 2 aliphatic rings. The predicted octanol–water partition coefficient (Wildman–Crippen LogP) is 5.96. The fraction of sp³-hybridized carbons (Fsp3) is 0.586. The number of nitrogens with zero attached hydrogens (tertiary/aromatic N) is 2. The van der Waals surface area contributed by atoms with Crippen LogP contribution in [-0.2, 0) is 9.47 Å². The average Bonchev–Trinajstić information content (AvgIpc) is 2.80. The van der Waals surface area contributed by atoms with E-state index in [0.717, 1.165) is 41.6 Å². The summed E-state index contributed by atoms with van der Waals surface area (Å²) in [6.45, 7) is 14.5. The summed E-state index contributed by atoms with van der Waals surface area (Å²) >= 11 is 0. The Morgan fingerprint density at radius 3 is 2.66 bits per heavy atom. The first-order valence-corrected chi connectivity index (χ1v) is 12.9. The van der Waals surface area contributed by atoms with Gasteiger partial charge in [-0.2, -0.15) is 0 Å². The fourth-order valence-electron chi connectivity index (χ4n) is 4.77. The Hall–Kier alpha value is -2.76. The molecule has 1 aliphatic carbocycles. The summed E-state index contributed by atoms with van der Waals surface area (Å²) in [5, 5.41) is 0. The molecule has 0 spiro atoms. The number of fused-ring (bicyclic) bond motifs is 1. The second-order valence-electron chi connectivity index (χ2n) is 10.9. The van der Waals surface area contributed by atoms with Crippen LogP contribution >= 0.6 is 0 Å². The zero-order valence-electron chi connectivity index (χ0n) is 22.5. The third-order valence-corrected chi connectivity index (χ3v) is 7.06. The number of esters is 1. The zero-order chi connectivity index (χ0) is 25.8. The third-order valence-electron chi connectivity index (χ3n) is 7.06. The molecule has 0 fully saturated rings. The number of rotatable bonds is 8. The van der Waals surface area contributed by atoms with Gasteiger partial charge in [-0.15, -0.1) is 0 Å². The monoisotopic (exact) mass is 482 g/mol. The van der Waals surface area contributed by atoms with E-state index in [2.05, 4.69) is 57.2 Å². The molecule has 192 valence electrons. The topological polar surface area (TPSA) is 60.8 Å². The van der Waals surface area contributed by atoms with Crippen molar-refractivity contribution in [3.8, 4) is 0 Å². The second kappa shape index (κ2) is 11.3. The molecule has 1 aromatic rings. The first-order chi connectivity index (χ1) is 16.6. The maximum absolute atomic E-state index is 13.0. The van der Waals surface area contributed by atoms with Crippen molar-refractivity contribution in [1.82, 2.24) is 9.47 Å². The van der Waals surface area contributed by atoms with E-state index in [9.17, 15) is 9.59 Å². The Morgan fingerprint density at radius 2 is 2.00 bits per heavy atom. The minimum atomic E-state index is -0.567. The van der Waals surface area contributed by atoms with Gasteiger partial charge in [-0.1, -0.05) is 53.2 Å². The molecule has 2 unspecified atom stereocenters. The van der Waals surface area contributed by atoms with Crippen LogP contribution in [0.2, 0.25) is 0 Å². The van der Waals surface area contributed by atoms with E-state index in [0.29, 0.717) is 13.0 Å². The van der Waals surface area contributed by atoms with Crippen LogP contribution in [0.4, 0.5) is 0 Å². The molecule has 6 nitrogen and oxygen atoms in total. The van der Waals surface area contributed by atoms with E-state index in [1.54, 1.807) is 19.2 Å². The second-order valence-corrected chi connectivity index (χ2v) is 10.9. The van der Waals surface area contributed by atoms with Crippen molar-refractivity contribution in [1.29, 1.82) is 0 Å².